The Morgan fingerprint density at radius 3 is 1.31 bits per heavy atom. The summed E-state index contributed by atoms with van der Waals surface area (Å²) < 4.78 is 10.7. The Balaban J connectivity index is 0.000000213. The van der Waals surface area contributed by atoms with Crippen molar-refractivity contribution in [2.24, 2.45) is 11.8 Å². The first-order valence-electron chi connectivity index (χ1n) is 19.1. The highest BCUT2D eigenvalue weighted by Gasteiger charge is 2.39. The van der Waals surface area contributed by atoms with Crippen LogP contribution in [-0.2, 0) is 22.7 Å². The van der Waals surface area contributed by atoms with Crippen LogP contribution in [0.5, 0.6) is 11.5 Å². The lowest BCUT2D eigenvalue weighted by Crippen LogP contribution is -2.58. The molecule has 9 heteroatoms. The van der Waals surface area contributed by atoms with Gasteiger partial charge in [-0.25, -0.2) is 9.59 Å². The maximum atomic E-state index is 11.5. The van der Waals surface area contributed by atoms with Crippen molar-refractivity contribution in [1.82, 2.24) is 14.7 Å². The first kappa shape index (κ1) is 40.5. The van der Waals surface area contributed by atoms with Crippen LogP contribution in [0.1, 0.15) is 48.9 Å². The Morgan fingerprint density at radius 1 is 0.630 bits per heavy atom. The van der Waals surface area contributed by atoms with E-state index in [1.54, 1.807) is 48.5 Å². The van der Waals surface area contributed by atoms with E-state index < -0.39 is 24.1 Å². The minimum Gasteiger partial charge on any atom is -0.478 e. The van der Waals surface area contributed by atoms with Crippen molar-refractivity contribution in [3.8, 4) is 11.5 Å². The zero-order valence-electron chi connectivity index (χ0n) is 32.4. The Morgan fingerprint density at radius 2 is 0.981 bits per heavy atom. The van der Waals surface area contributed by atoms with E-state index in [1.807, 2.05) is 13.8 Å². The van der Waals surface area contributed by atoms with E-state index in [4.69, 9.17) is 9.47 Å². The SMILES string of the molecule is CC1CCN(Cc2ccccc2)CC1N(C)C1CN(Cc2ccccc2)CCC1C.Cc1ccc(O[C@@H](C(=O)O)[C@@H](Oc2ccc(C)cc2)C(=O)O)cc1. The number of aryl methyl sites for hydroxylation is 2. The Labute approximate surface area is 321 Å². The summed E-state index contributed by atoms with van der Waals surface area (Å²) in [6.07, 6.45) is -0.772. The summed E-state index contributed by atoms with van der Waals surface area (Å²) in [4.78, 5) is 31.1. The summed E-state index contributed by atoms with van der Waals surface area (Å²) in [5.74, 6) is -0.805. The fourth-order valence-corrected chi connectivity index (χ4v) is 7.52. The van der Waals surface area contributed by atoms with Gasteiger partial charge in [0, 0.05) is 38.3 Å². The van der Waals surface area contributed by atoms with Crippen LogP contribution in [0.3, 0.4) is 0 Å². The molecule has 0 amide bonds. The second-order valence-electron chi connectivity index (χ2n) is 15.2. The number of likely N-dealkylation sites (N-methyl/N-ethyl adjacent to an activating group) is 1. The van der Waals surface area contributed by atoms with Crippen molar-refractivity contribution in [3.63, 3.8) is 0 Å². The molecule has 2 N–H and O–H groups in total. The molecule has 0 aromatic heterocycles. The molecule has 4 aromatic rings. The number of nitrogens with zero attached hydrogens (tertiary/aromatic N) is 3. The van der Waals surface area contributed by atoms with E-state index in [2.05, 4.69) is 96.3 Å². The Kier molecular flexibility index (Phi) is 14.7. The van der Waals surface area contributed by atoms with Gasteiger partial charge in [0.1, 0.15) is 11.5 Å². The minimum atomic E-state index is -1.69. The van der Waals surface area contributed by atoms with Gasteiger partial charge in [0.05, 0.1) is 0 Å². The highest BCUT2D eigenvalue weighted by Crippen LogP contribution is 2.30. The summed E-state index contributed by atoms with van der Waals surface area (Å²) in [5, 5.41) is 18.7. The topological polar surface area (TPSA) is 103 Å². The molecule has 0 spiro atoms. The largest absolute Gasteiger partial charge is 0.478 e. The lowest BCUT2D eigenvalue weighted by molar-refractivity contribution is -0.161. The lowest BCUT2D eigenvalue weighted by Gasteiger charge is -2.49. The Hall–Kier alpha value is -4.70. The van der Waals surface area contributed by atoms with E-state index in [9.17, 15) is 19.8 Å². The van der Waals surface area contributed by atoms with Crippen molar-refractivity contribution < 1.29 is 29.3 Å². The minimum absolute atomic E-state index is 0.256. The van der Waals surface area contributed by atoms with Crippen LogP contribution in [0, 0.1) is 25.7 Å². The van der Waals surface area contributed by atoms with Gasteiger partial charge in [-0.05, 0) is 94.1 Å². The third-order valence-electron chi connectivity index (χ3n) is 10.9. The summed E-state index contributed by atoms with van der Waals surface area (Å²) in [7, 11) is 2.40. The van der Waals surface area contributed by atoms with Gasteiger partial charge < -0.3 is 19.7 Å². The summed E-state index contributed by atoms with van der Waals surface area (Å²) in [6.45, 7) is 15.7. The number of likely N-dealkylation sites (tertiary alicyclic amines) is 2. The molecule has 6 atom stereocenters. The predicted molar refractivity (Wildman–Crippen MR) is 213 cm³/mol. The van der Waals surface area contributed by atoms with E-state index >= 15 is 0 Å². The molecule has 2 saturated heterocycles. The van der Waals surface area contributed by atoms with Crippen LogP contribution in [0.15, 0.2) is 109 Å². The van der Waals surface area contributed by atoms with Crippen molar-refractivity contribution >= 4 is 11.9 Å². The molecular weight excluding hydrogens is 679 g/mol. The molecule has 0 radical (unpaired) electrons. The normalized spacial score (nSPS) is 21.7. The zero-order chi connectivity index (χ0) is 38.6. The maximum absolute atomic E-state index is 11.5. The number of hydrogen-bond donors (Lipinski definition) is 2. The summed E-state index contributed by atoms with van der Waals surface area (Å²) >= 11 is 0. The maximum Gasteiger partial charge on any atom is 0.349 e. The van der Waals surface area contributed by atoms with E-state index in [1.165, 1.54) is 50.1 Å². The molecule has 0 aliphatic carbocycles. The van der Waals surface area contributed by atoms with Gasteiger partial charge in [-0.3, -0.25) is 14.7 Å². The average Bonchev–Trinajstić information content (AvgIpc) is 3.17. The highest BCUT2D eigenvalue weighted by molar-refractivity contribution is 5.84. The number of carbonyl (C=O) groups is 2. The highest BCUT2D eigenvalue weighted by atomic mass is 16.6. The number of carboxylic acids is 2. The van der Waals surface area contributed by atoms with E-state index in [-0.39, 0.29) is 11.5 Å². The Bertz CT molecular complexity index is 1610. The molecular formula is C45H57N3O6. The van der Waals surface area contributed by atoms with Gasteiger partial charge in [0.25, 0.3) is 0 Å². The lowest BCUT2D eigenvalue weighted by atomic mass is 9.86. The average molecular weight is 736 g/mol. The van der Waals surface area contributed by atoms with Gasteiger partial charge in [-0.2, -0.15) is 0 Å². The molecule has 6 rings (SSSR count). The third kappa shape index (κ3) is 11.6. The zero-order valence-corrected chi connectivity index (χ0v) is 32.4. The van der Waals surface area contributed by atoms with Crippen molar-refractivity contribution in [2.45, 2.75) is 77.9 Å². The first-order chi connectivity index (χ1) is 26.0. The van der Waals surface area contributed by atoms with Crippen LogP contribution in [-0.4, -0.2) is 94.4 Å². The van der Waals surface area contributed by atoms with Crippen LogP contribution in [0.2, 0.25) is 0 Å². The molecule has 288 valence electrons. The van der Waals surface area contributed by atoms with Gasteiger partial charge in [-0.1, -0.05) is 110 Å². The number of piperidine rings is 2. The second-order valence-corrected chi connectivity index (χ2v) is 15.2. The van der Waals surface area contributed by atoms with Crippen LogP contribution >= 0.6 is 0 Å². The molecule has 0 bridgehead atoms. The summed E-state index contributed by atoms with van der Waals surface area (Å²) in [5.41, 5.74) is 4.82. The van der Waals surface area contributed by atoms with Crippen molar-refractivity contribution in [3.05, 3.63) is 131 Å². The summed E-state index contributed by atoms with van der Waals surface area (Å²) in [6, 6.07) is 36.5. The van der Waals surface area contributed by atoms with Crippen LogP contribution in [0.25, 0.3) is 0 Å². The number of ether oxygens (including phenoxy) is 2. The third-order valence-corrected chi connectivity index (χ3v) is 10.9. The van der Waals surface area contributed by atoms with Gasteiger partial charge in [0.2, 0.25) is 12.2 Å². The number of hydrogen-bond acceptors (Lipinski definition) is 7. The quantitative estimate of drug-likeness (QED) is 0.145. The van der Waals surface area contributed by atoms with Crippen molar-refractivity contribution in [1.29, 1.82) is 0 Å². The standard InChI is InChI=1S/C27H39N3.C18H18O6/c1-22-14-16-29(18-24-10-6-4-7-11-24)20-26(22)28(3)27-21-30(17-15-23(27)2)19-25-12-8-5-9-13-25;1-11-3-7-13(8-4-11)23-15(17(19)20)16(18(21)22)24-14-9-5-12(2)6-10-14/h4-13,22-23,26-27H,14-21H2,1-3H3;3-10,15-16H,1-2H3,(H,19,20)(H,21,22)/t;15-,16-/m.1/s1. The molecule has 2 aliphatic rings. The first-order valence-corrected chi connectivity index (χ1v) is 19.1. The van der Waals surface area contributed by atoms with E-state index in [0.29, 0.717) is 12.1 Å². The fourth-order valence-electron chi connectivity index (χ4n) is 7.52. The molecule has 4 aromatic carbocycles. The van der Waals surface area contributed by atoms with Crippen LogP contribution in [0.4, 0.5) is 0 Å². The molecule has 2 aliphatic heterocycles. The predicted octanol–water partition coefficient (Wildman–Crippen LogP) is 7.41. The van der Waals surface area contributed by atoms with Gasteiger partial charge in [0.15, 0.2) is 0 Å². The van der Waals surface area contributed by atoms with Crippen LogP contribution < -0.4 is 9.47 Å². The molecule has 4 unspecified atom stereocenters. The number of aliphatic carboxylic acids is 2. The molecule has 54 heavy (non-hydrogen) atoms. The number of benzene rings is 4. The van der Waals surface area contributed by atoms with Crippen molar-refractivity contribution in [2.75, 3.05) is 33.2 Å². The number of carboxylic acid groups (broad SMARTS) is 2. The van der Waals surface area contributed by atoms with Gasteiger partial charge >= 0.3 is 11.9 Å². The smallest absolute Gasteiger partial charge is 0.349 e. The molecule has 9 nitrogen and oxygen atoms in total. The van der Waals surface area contributed by atoms with Gasteiger partial charge in [-0.15, -0.1) is 0 Å². The second kappa shape index (κ2) is 19.6. The molecule has 0 saturated carbocycles. The molecule has 2 fully saturated rings. The number of rotatable bonds is 13. The monoisotopic (exact) mass is 735 g/mol. The molecule has 2 heterocycles. The van der Waals surface area contributed by atoms with E-state index in [0.717, 1.165) is 36.1 Å². The fraction of sp³-hybridized carbons (Fsp3) is 0.422.